The monoisotopic (exact) mass is 380 g/mol. The summed E-state index contributed by atoms with van der Waals surface area (Å²) in [5.74, 6) is -0.297. The maximum Gasteiger partial charge on any atom is 0.312 e. The lowest BCUT2D eigenvalue weighted by molar-refractivity contribution is 0.248. The molecule has 18 heavy (non-hydrogen) atoms. The number of nitrogens with one attached hydrogen (secondary N) is 2. The second-order valence-corrected chi connectivity index (χ2v) is 5.21. The number of rotatable bonds is 3. The molecule has 2 amide bonds. The van der Waals surface area contributed by atoms with Crippen LogP contribution in [0.3, 0.4) is 0 Å². The highest BCUT2D eigenvalue weighted by Crippen LogP contribution is 2.20. The molecule has 1 aromatic heterocycles. The van der Waals surface area contributed by atoms with Gasteiger partial charge in [-0.15, -0.1) is 0 Å². The van der Waals surface area contributed by atoms with Gasteiger partial charge in [-0.25, -0.2) is 9.18 Å². The number of primary amides is 1. The van der Waals surface area contributed by atoms with E-state index < -0.39 is 6.03 Å². The molecule has 96 valence electrons. The molecule has 0 unspecified atom stereocenters. The van der Waals surface area contributed by atoms with Crippen LogP contribution < -0.4 is 11.1 Å². The minimum absolute atomic E-state index is 0.297. The standard InChI is InChI=1S/C10H10FIN4OS/c11-5-3-8-7(4-6(5)12)15-10(18)16(8)2-1-14-9(13)17/h3-4H,1-2H2,(H,15,18)(H3,13,14,17). The van der Waals surface area contributed by atoms with Crippen LogP contribution in [0.5, 0.6) is 0 Å². The zero-order valence-corrected chi connectivity index (χ0v) is 12.1. The first-order valence-electron chi connectivity index (χ1n) is 5.10. The van der Waals surface area contributed by atoms with E-state index in [9.17, 15) is 9.18 Å². The molecule has 2 aromatic rings. The number of nitrogens with zero attached hydrogens (tertiary/aromatic N) is 1. The molecule has 2 rings (SSSR count). The molecule has 0 radical (unpaired) electrons. The number of nitrogens with two attached hydrogens (primary N) is 1. The number of hydrogen-bond donors (Lipinski definition) is 3. The van der Waals surface area contributed by atoms with Gasteiger partial charge in [0.05, 0.1) is 14.6 Å². The number of carbonyl (C=O) groups is 1. The SMILES string of the molecule is NC(=O)NCCn1c(=S)[nH]c2cc(I)c(F)cc21. The van der Waals surface area contributed by atoms with Crippen molar-refractivity contribution in [2.24, 2.45) is 5.73 Å². The minimum atomic E-state index is -0.595. The Labute approximate surface area is 121 Å². The van der Waals surface area contributed by atoms with Crippen molar-refractivity contribution in [3.8, 4) is 0 Å². The fourth-order valence-corrected chi connectivity index (χ4v) is 2.43. The van der Waals surface area contributed by atoms with Crippen molar-refractivity contribution < 1.29 is 9.18 Å². The zero-order valence-electron chi connectivity index (χ0n) is 9.17. The summed E-state index contributed by atoms with van der Waals surface area (Å²) in [4.78, 5) is 13.6. The summed E-state index contributed by atoms with van der Waals surface area (Å²) in [5, 5.41) is 2.46. The lowest BCUT2D eigenvalue weighted by Gasteiger charge is -2.05. The highest BCUT2D eigenvalue weighted by molar-refractivity contribution is 14.1. The number of aromatic amines is 1. The Kier molecular flexibility index (Phi) is 3.85. The van der Waals surface area contributed by atoms with Gasteiger partial charge >= 0.3 is 6.03 Å². The van der Waals surface area contributed by atoms with E-state index in [1.54, 1.807) is 10.6 Å². The third-order valence-corrected chi connectivity index (χ3v) is 3.60. The molecular formula is C10H10FIN4OS. The van der Waals surface area contributed by atoms with Crippen LogP contribution in [-0.2, 0) is 6.54 Å². The Morgan fingerprint density at radius 3 is 3.00 bits per heavy atom. The van der Waals surface area contributed by atoms with Crippen molar-refractivity contribution in [1.29, 1.82) is 0 Å². The number of carbonyl (C=O) groups excluding carboxylic acids is 1. The molecule has 0 aliphatic carbocycles. The van der Waals surface area contributed by atoms with Crippen molar-refractivity contribution >= 4 is 51.9 Å². The van der Waals surface area contributed by atoms with Gasteiger partial charge in [-0.3, -0.25) is 0 Å². The number of aromatic nitrogens is 2. The van der Waals surface area contributed by atoms with Gasteiger partial charge in [0.2, 0.25) is 0 Å². The number of halogens is 2. The quantitative estimate of drug-likeness (QED) is 0.564. The molecule has 8 heteroatoms. The number of hydrogen-bond acceptors (Lipinski definition) is 2. The van der Waals surface area contributed by atoms with E-state index in [-0.39, 0.29) is 5.82 Å². The predicted molar refractivity (Wildman–Crippen MR) is 77.4 cm³/mol. The van der Waals surface area contributed by atoms with E-state index in [1.807, 2.05) is 22.6 Å². The van der Waals surface area contributed by atoms with Crippen LogP contribution in [0.2, 0.25) is 0 Å². The van der Waals surface area contributed by atoms with Crippen molar-refractivity contribution in [3.63, 3.8) is 0 Å². The molecule has 5 nitrogen and oxygen atoms in total. The second kappa shape index (κ2) is 5.22. The van der Waals surface area contributed by atoms with Crippen LogP contribution in [-0.4, -0.2) is 22.1 Å². The van der Waals surface area contributed by atoms with E-state index in [0.717, 1.165) is 5.52 Å². The van der Waals surface area contributed by atoms with Crippen molar-refractivity contribution in [2.45, 2.75) is 6.54 Å². The van der Waals surface area contributed by atoms with Gasteiger partial charge in [0.1, 0.15) is 5.82 Å². The van der Waals surface area contributed by atoms with Crippen LogP contribution in [0.1, 0.15) is 0 Å². The third kappa shape index (κ3) is 2.64. The number of imidazole rings is 1. The highest BCUT2D eigenvalue weighted by Gasteiger charge is 2.08. The molecule has 0 saturated heterocycles. The first-order chi connectivity index (χ1) is 8.49. The first kappa shape index (κ1) is 13.3. The van der Waals surface area contributed by atoms with E-state index in [1.165, 1.54) is 6.07 Å². The van der Waals surface area contributed by atoms with Gasteiger partial charge in [0.15, 0.2) is 4.77 Å². The van der Waals surface area contributed by atoms with Gasteiger partial charge in [-0.05, 0) is 40.9 Å². The molecular weight excluding hydrogens is 370 g/mol. The lowest BCUT2D eigenvalue weighted by atomic mass is 10.3. The average molecular weight is 380 g/mol. The van der Waals surface area contributed by atoms with Crippen LogP contribution in [0.25, 0.3) is 11.0 Å². The van der Waals surface area contributed by atoms with E-state index >= 15 is 0 Å². The molecule has 1 aromatic carbocycles. The average Bonchev–Trinajstić information content (AvgIpc) is 2.56. The summed E-state index contributed by atoms with van der Waals surface area (Å²) in [6.45, 7) is 0.770. The van der Waals surface area contributed by atoms with Gasteiger partial charge in [0, 0.05) is 19.2 Å². The van der Waals surface area contributed by atoms with Gasteiger partial charge in [-0.1, -0.05) is 0 Å². The highest BCUT2D eigenvalue weighted by atomic mass is 127. The normalized spacial score (nSPS) is 10.8. The Bertz CT molecular complexity index is 666. The van der Waals surface area contributed by atoms with Crippen LogP contribution in [0.15, 0.2) is 12.1 Å². The van der Waals surface area contributed by atoms with Crippen LogP contribution in [0, 0.1) is 14.2 Å². The number of amides is 2. The summed E-state index contributed by atoms with van der Waals surface area (Å²) in [7, 11) is 0. The molecule has 0 fully saturated rings. The maximum absolute atomic E-state index is 13.5. The zero-order chi connectivity index (χ0) is 13.3. The number of fused-ring (bicyclic) bond motifs is 1. The van der Waals surface area contributed by atoms with Gasteiger partial charge in [-0.2, -0.15) is 0 Å². The summed E-state index contributed by atoms with van der Waals surface area (Å²) in [5.41, 5.74) is 6.41. The smallest absolute Gasteiger partial charge is 0.312 e. The minimum Gasteiger partial charge on any atom is -0.352 e. The largest absolute Gasteiger partial charge is 0.352 e. The first-order valence-corrected chi connectivity index (χ1v) is 6.58. The molecule has 0 saturated carbocycles. The molecule has 0 aliphatic heterocycles. The molecule has 4 N–H and O–H groups in total. The van der Waals surface area contributed by atoms with E-state index in [4.69, 9.17) is 18.0 Å². The molecule has 0 bridgehead atoms. The molecule has 0 aliphatic rings. The topological polar surface area (TPSA) is 75.8 Å². The summed E-state index contributed by atoms with van der Waals surface area (Å²) >= 11 is 7.08. The predicted octanol–water partition coefficient (Wildman–Crippen LogP) is 2.11. The lowest BCUT2D eigenvalue weighted by Crippen LogP contribution is -2.32. The second-order valence-electron chi connectivity index (χ2n) is 3.66. The van der Waals surface area contributed by atoms with E-state index in [0.29, 0.717) is 26.9 Å². The van der Waals surface area contributed by atoms with Crippen LogP contribution in [0.4, 0.5) is 9.18 Å². The fourth-order valence-electron chi connectivity index (χ4n) is 1.66. The fraction of sp³-hybridized carbons (Fsp3) is 0.200. The van der Waals surface area contributed by atoms with Crippen molar-refractivity contribution in [1.82, 2.24) is 14.9 Å². The maximum atomic E-state index is 13.5. The van der Waals surface area contributed by atoms with E-state index in [2.05, 4.69) is 10.3 Å². The summed E-state index contributed by atoms with van der Waals surface area (Å²) in [6.07, 6.45) is 0. The Hall–Kier alpha value is -1.16. The summed E-state index contributed by atoms with van der Waals surface area (Å²) < 4.78 is 16.3. The Morgan fingerprint density at radius 1 is 1.61 bits per heavy atom. The van der Waals surface area contributed by atoms with Gasteiger partial charge < -0.3 is 20.6 Å². The Morgan fingerprint density at radius 2 is 2.33 bits per heavy atom. The van der Waals surface area contributed by atoms with Gasteiger partial charge in [0.25, 0.3) is 0 Å². The third-order valence-electron chi connectivity index (χ3n) is 2.45. The number of urea groups is 1. The van der Waals surface area contributed by atoms with Crippen LogP contribution >= 0.6 is 34.8 Å². The summed E-state index contributed by atoms with van der Waals surface area (Å²) in [6, 6.07) is 2.52. The van der Waals surface area contributed by atoms with Crippen molar-refractivity contribution in [2.75, 3.05) is 6.54 Å². The number of benzene rings is 1. The van der Waals surface area contributed by atoms with Crippen molar-refractivity contribution in [3.05, 3.63) is 26.3 Å². The molecule has 1 heterocycles. The Balaban J connectivity index is 2.37. The molecule has 0 spiro atoms. The number of H-pyrrole nitrogens is 1. The molecule has 0 atom stereocenters.